The van der Waals surface area contributed by atoms with Crippen LogP contribution in [0.1, 0.15) is 37.7 Å². The molecule has 1 rings (SSSR count). The number of rotatable bonds is 17. The van der Waals surface area contributed by atoms with Crippen LogP contribution in [0.3, 0.4) is 0 Å². The fraction of sp³-hybridized carbons (Fsp3) is 0.522. The highest BCUT2D eigenvalue weighted by Gasteiger charge is 2.29. The third-order valence-electron chi connectivity index (χ3n) is 5.29. The SMILES string of the molecule is NCCCCC(NC(=O)C(N)Cc1ccccc1)C(=O)NC(CS)C(=O)NC(CCC(=O)O)C(=O)O. The smallest absolute Gasteiger partial charge is 0.326 e. The van der Waals surface area contributed by atoms with Gasteiger partial charge in [0.25, 0.3) is 0 Å². The number of carboxylic acid groups (broad SMARTS) is 2. The van der Waals surface area contributed by atoms with Crippen LogP contribution < -0.4 is 27.4 Å². The first kappa shape index (κ1) is 30.9. The van der Waals surface area contributed by atoms with Crippen molar-refractivity contribution in [3.8, 4) is 0 Å². The van der Waals surface area contributed by atoms with Gasteiger partial charge < -0.3 is 37.6 Å². The Morgan fingerprint density at radius 1 is 0.833 bits per heavy atom. The van der Waals surface area contributed by atoms with Gasteiger partial charge in [-0.1, -0.05) is 30.3 Å². The second kappa shape index (κ2) is 16.5. The van der Waals surface area contributed by atoms with Gasteiger partial charge in [-0.2, -0.15) is 12.6 Å². The molecule has 0 aliphatic carbocycles. The Labute approximate surface area is 215 Å². The maximum Gasteiger partial charge on any atom is 0.326 e. The number of amides is 3. The van der Waals surface area contributed by atoms with Crippen LogP contribution in [-0.4, -0.2) is 76.3 Å². The van der Waals surface area contributed by atoms with Crippen molar-refractivity contribution in [1.29, 1.82) is 0 Å². The monoisotopic (exact) mass is 525 g/mol. The molecule has 13 heteroatoms. The van der Waals surface area contributed by atoms with Crippen molar-refractivity contribution in [1.82, 2.24) is 16.0 Å². The maximum absolute atomic E-state index is 13.0. The van der Waals surface area contributed by atoms with E-state index >= 15 is 0 Å². The topological polar surface area (TPSA) is 214 Å². The van der Waals surface area contributed by atoms with Gasteiger partial charge in [0.05, 0.1) is 6.04 Å². The van der Waals surface area contributed by atoms with E-state index < -0.39 is 60.2 Å². The highest BCUT2D eigenvalue weighted by Crippen LogP contribution is 2.06. The zero-order valence-electron chi connectivity index (χ0n) is 19.9. The van der Waals surface area contributed by atoms with Gasteiger partial charge in [-0.3, -0.25) is 19.2 Å². The Balaban J connectivity index is 2.84. The van der Waals surface area contributed by atoms with Crippen LogP contribution in [0.4, 0.5) is 0 Å². The molecular formula is C23H35N5O7S. The Kier molecular flexibility index (Phi) is 14.1. The number of nitrogens with one attached hydrogen (secondary N) is 3. The van der Waals surface area contributed by atoms with E-state index in [2.05, 4.69) is 28.6 Å². The van der Waals surface area contributed by atoms with Crippen LogP contribution in [0, 0.1) is 0 Å². The summed E-state index contributed by atoms with van der Waals surface area (Å²) in [6, 6.07) is 4.54. The van der Waals surface area contributed by atoms with Gasteiger partial charge in [0.15, 0.2) is 0 Å². The molecule has 0 spiro atoms. The summed E-state index contributed by atoms with van der Waals surface area (Å²) in [5, 5.41) is 25.3. The highest BCUT2D eigenvalue weighted by atomic mass is 32.1. The van der Waals surface area contributed by atoms with Gasteiger partial charge in [0.2, 0.25) is 17.7 Å². The summed E-state index contributed by atoms with van der Waals surface area (Å²) >= 11 is 4.06. The molecule has 36 heavy (non-hydrogen) atoms. The summed E-state index contributed by atoms with van der Waals surface area (Å²) in [7, 11) is 0. The Hall–Kier alpha value is -3.16. The van der Waals surface area contributed by atoms with Crippen LogP contribution >= 0.6 is 12.6 Å². The molecule has 0 fully saturated rings. The summed E-state index contributed by atoms with van der Waals surface area (Å²) in [6.07, 6.45) is 0.837. The van der Waals surface area contributed by atoms with E-state index in [1.807, 2.05) is 30.3 Å². The molecule has 4 unspecified atom stereocenters. The molecule has 0 saturated carbocycles. The standard InChI is InChI=1S/C23H35N5O7S/c24-11-5-4-8-16(26-20(31)15(25)12-14-6-2-1-3-7-14)21(32)28-18(13-36)22(33)27-17(23(34)35)9-10-19(29)30/h1-3,6-7,15-18,36H,4-5,8-13,24-25H2,(H,26,31)(H,27,33)(H,28,32)(H,29,30)(H,34,35). The number of aliphatic carboxylic acids is 2. The zero-order valence-corrected chi connectivity index (χ0v) is 20.8. The summed E-state index contributed by atoms with van der Waals surface area (Å²) in [5.41, 5.74) is 12.4. The minimum Gasteiger partial charge on any atom is -0.481 e. The van der Waals surface area contributed by atoms with Crippen LogP contribution in [0.25, 0.3) is 0 Å². The third-order valence-corrected chi connectivity index (χ3v) is 5.66. The van der Waals surface area contributed by atoms with Crippen molar-refractivity contribution >= 4 is 42.3 Å². The molecule has 0 aliphatic rings. The number of carbonyl (C=O) groups is 5. The van der Waals surface area contributed by atoms with Gasteiger partial charge in [-0.15, -0.1) is 0 Å². The lowest BCUT2D eigenvalue weighted by atomic mass is 10.0. The fourth-order valence-electron chi connectivity index (χ4n) is 3.27. The molecule has 1 aromatic rings. The molecule has 0 radical (unpaired) electrons. The predicted molar refractivity (Wildman–Crippen MR) is 135 cm³/mol. The minimum absolute atomic E-state index is 0.167. The molecular weight excluding hydrogens is 490 g/mol. The van der Waals surface area contributed by atoms with E-state index in [4.69, 9.17) is 16.6 Å². The first-order valence-corrected chi connectivity index (χ1v) is 12.2. The molecule has 3 amide bonds. The van der Waals surface area contributed by atoms with Gasteiger partial charge in [-0.25, -0.2) is 4.79 Å². The Morgan fingerprint density at radius 3 is 1.97 bits per heavy atom. The molecule has 4 atom stereocenters. The van der Waals surface area contributed by atoms with Crippen LogP contribution in [-0.2, 0) is 30.4 Å². The number of hydrogen-bond acceptors (Lipinski definition) is 8. The molecule has 12 nitrogen and oxygen atoms in total. The van der Waals surface area contributed by atoms with Crippen LogP contribution in [0.15, 0.2) is 30.3 Å². The second-order valence-corrected chi connectivity index (χ2v) is 8.58. The van der Waals surface area contributed by atoms with E-state index in [9.17, 15) is 29.1 Å². The Morgan fingerprint density at radius 2 is 1.42 bits per heavy atom. The van der Waals surface area contributed by atoms with Gasteiger partial charge in [-0.05, 0) is 44.2 Å². The molecule has 0 aromatic heterocycles. The molecule has 1 aromatic carbocycles. The zero-order chi connectivity index (χ0) is 27.1. The molecule has 0 bridgehead atoms. The van der Waals surface area contributed by atoms with Gasteiger partial charge in [0.1, 0.15) is 18.1 Å². The summed E-state index contributed by atoms with van der Waals surface area (Å²) in [5.74, 6) is -4.84. The number of benzene rings is 1. The predicted octanol–water partition coefficient (Wildman–Crippen LogP) is -0.981. The normalized spacial score (nSPS) is 14.1. The second-order valence-electron chi connectivity index (χ2n) is 8.22. The van der Waals surface area contributed by atoms with Crippen molar-refractivity contribution < 1.29 is 34.2 Å². The third kappa shape index (κ3) is 11.5. The van der Waals surface area contributed by atoms with E-state index in [0.717, 1.165) is 5.56 Å². The number of nitrogens with two attached hydrogens (primary N) is 2. The number of unbranched alkanes of at least 4 members (excludes halogenated alkanes) is 1. The van der Waals surface area contributed by atoms with Crippen molar-refractivity contribution in [2.75, 3.05) is 12.3 Å². The Bertz CT molecular complexity index is 887. The first-order chi connectivity index (χ1) is 17.1. The molecule has 0 heterocycles. The number of thiol groups is 1. The molecule has 200 valence electrons. The van der Waals surface area contributed by atoms with Crippen molar-refractivity contribution in [3.05, 3.63) is 35.9 Å². The van der Waals surface area contributed by atoms with Crippen molar-refractivity contribution in [3.63, 3.8) is 0 Å². The van der Waals surface area contributed by atoms with E-state index in [1.54, 1.807) is 0 Å². The lowest BCUT2D eigenvalue weighted by molar-refractivity contribution is -0.143. The fourth-order valence-corrected chi connectivity index (χ4v) is 3.52. The molecule has 0 saturated heterocycles. The summed E-state index contributed by atoms with van der Waals surface area (Å²) < 4.78 is 0. The summed E-state index contributed by atoms with van der Waals surface area (Å²) in [4.78, 5) is 60.3. The van der Waals surface area contributed by atoms with E-state index in [0.29, 0.717) is 19.4 Å². The number of carbonyl (C=O) groups excluding carboxylic acids is 3. The van der Waals surface area contributed by atoms with E-state index in [1.165, 1.54) is 0 Å². The van der Waals surface area contributed by atoms with Gasteiger partial charge in [0, 0.05) is 12.2 Å². The molecule has 9 N–H and O–H groups in total. The molecule has 0 aliphatic heterocycles. The lowest BCUT2D eigenvalue weighted by Crippen LogP contribution is -2.57. The van der Waals surface area contributed by atoms with Crippen LogP contribution in [0.5, 0.6) is 0 Å². The highest BCUT2D eigenvalue weighted by molar-refractivity contribution is 7.80. The maximum atomic E-state index is 13.0. The van der Waals surface area contributed by atoms with Crippen molar-refractivity contribution in [2.45, 2.75) is 62.7 Å². The number of carboxylic acids is 2. The average Bonchev–Trinajstić information content (AvgIpc) is 2.84. The first-order valence-electron chi connectivity index (χ1n) is 11.5. The average molecular weight is 526 g/mol. The van der Waals surface area contributed by atoms with Crippen molar-refractivity contribution in [2.24, 2.45) is 11.5 Å². The summed E-state index contributed by atoms with van der Waals surface area (Å²) in [6.45, 7) is 0.393. The van der Waals surface area contributed by atoms with Gasteiger partial charge >= 0.3 is 11.9 Å². The largest absolute Gasteiger partial charge is 0.481 e. The van der Waals surface area contributed by atoms with E-state index in [-0.39, 0.29) is 25.0 Å². The quantitative estimate of drug-likeness (QED) is 0.0925. The number of hydrogen-bond donors (Lipinski definition) is 8. The minimum atomic E-state index is -1.45. The lowest BCUT2D eigenvalue weighted by Gasteiger charge is -2.24. The van der Waals surface area contributed by atoms with Crippen LogP contribution in [0.2, 0.25) is 0 Å².